The Balaban J connectivity index is 2.05. The van der Waals surface area contributed by atoms with Gasteiger partial charge in [0, 0.05) is 22.1 Å². The second-order valence-electron chi connectivity index (χ2n) is 6.98. The van der Waals surface area contributed by atoms with E-state index < -0.39 is 0 Å². The lowest BCUT2D eigenvalue weighted by molar-refractivity contribution is 0.766. The third-order valence-electron chi connectivity index (χ3n) is 5.01. The number of para-hydroxylation sites is 1. The Morgan fingerprint density at radius 2 is 1.46 bits per heavy atom. The summed E-state index contributed by atoms with van der Waals surface area (Å²) in [5.74, 6) is 1.31. The van der Waals surface area contributed by atoms with E-state index in [2.05, 4.69) is 101 Å². The van der Waals surface area contributed by atoms with Gasteiger partial charge >= 0.3 is 0 Å². The molecule has 5 rings (SSSR count). The maximum absolute atomic E-state index is 4.57. The highest BCUT2D eigenvalue weighted by Gasteiger charge is 2.18. The minimum absolute atomic E-state index is 0.308. The number of aromatic nitrogens is 3. The lowest BCUT2D eigenvalue weighted by Gasteiger charge is -2.14. The lowest BCUT2D eigenvalue weighted by Crippen LogP contribution is -1.99. The summed E-state index contributed by atoms with van der Waals surface area (Å²) in [4.78, 5) is 0. The molecule has 2 aromatic heterocycles. The Hall–Kier alpha value is -3.20. The van der Waals surface area contributed by atoms with Crippen molar-refractivity contribution < 1.29 is 0 Å². The number of fused-ring (bicyclic) bond motifs is 6. The summed E-state index contributed by atoms with van der Waals surface area (Å²) in [7, 11) is 0. The van der Waals surface area contributed by atoms with Gasteiger partial charge in [-0.2, -0.15) is 0 Å². The Labute approximate surface area is 151 Å². The van der Waals surface area contributed by atoms with E-state index in [9.17, 15) is 0 Å². The van der Waals surface area contributed by atoms with Crippen molar-refractivity contribution >= 4 is 27.3 Å². The van der Waals surface area contributed by atoms with Crippen LogP contribution in [0.4, 0.5) is 0 Å². The predicted octanol–water partition coefficient (Wildman–Crippen LogP) is 5.83. The summed E-state index contributed by atoms with van der Waals surface area (Å²) in [5, 5.41) is 12.7. The molecule has 0 saturated carbocycles. The third kappa shape index (κ3) is 2.07. The molecule has 0 amide bonds. The van der Waals surface area contributed by atoms with Crippen molar-refractivity contribution in [3.8, 4) is 11.1 Å². The maximum Gasteiger partial charge on any atom is 0.169 e. The van der Waals surface area contributed by atoms with Crippen molar-refractivity contribution in [3.63, 3.8) is 0 Å². The van der Waals surface area contributed by atoms with Crippen LogP contribution in [0.5, 0.6) is 0 Å². The molecule has 0 unspecified atom stereocenters. The summed E-state index contributed by atoms with van der Waals surface area (Å²) in [5.41, 5.74) is 4.54. The van der Waals surface area contributed by atoms with Crippen molar-refractivity contribution in [1.29, 1.82) is 0 Å². The first-order valence-corrected chi connectivity index (χ1v) is 8.99. The molecule has 0 aliphatic carbocycles. The molecule has 2 heterocycles. The fraction of sp³-hybridized carbons (Fsp3) is 0.130. The van der Waals surface area contributed by atoms with Crippen molar-refractivity contribution in [2.75, 3.05) is 0 Å². The smallest absolute Gasteiger partial charge is 0.169 e. The zero-order chi connectivity index (χ0) is 17.7. The van der Waals surface area contributed by atoms with Gasteiger partial charge in [-0.25, -0.2) is 0 Å². The molecule has 0 bridgehead atoms. The Bertz CT molecular complexity index is 1250. The molecule has 0 spiro atoms. The van der Waals surface area contributed by atoms with Crippen LogP contribution in [0.3, 0.4) is 0 Å². The highest BCUT2D eigenvalue weighted by Crippen LogP contribution is 2.37. The quantitative estimate of drug-likeness (QED) is 0.380. The van der Waals surface area contributed by atoms with Gasteiger partial charge in [0.15, 0.2) is 5.65 Å². The van der Waals surface area contributed by atoms with E-state index in [1.165, 1.54) is 21.9 Å². The summed E-state index contributed by atoms with van der Waals surface area (Å²) in [6.45, 7) is 4.33. The molecule has 0 N–H and O–H groups in total. The SMILES string of the molecule is CC(C)c1nnc2c3cccc(-c4ccccc4)c3c3ccccc3n12. The third-order valence-corrected chi connectivity index (χ3v) is 5.01. The monoisotopic (exact) mass is 337 g/mol. The number of nitrogens with zero attached hydrogens (tertiary/aromatic N) is 3. The second kappa shape index (κ2) is 5.67. The van der Waals surface area contributed by atoms with E-state index >= 15 is 0 Å². The van der Waals surface area contributed by atoms with Gasteiger partial charge in [0.05, 0.1) is 5.52 Å². The number of hydrogen-bond donors (Lipinski definition) is 0. The minimum atomic E-state index is 0.308. The van der Waals surface area contributed by atoms with E-state index in [1.807, 2.05) is 0 Å². The molecule has 3 aromatic carbocycles. The second-order valence-corrected chi connectivity index (χ2v) is 6.98. The Morgan fingerprint density at radius 3 is 2.27 bits per heavy atom. The Kier molecular flexibility index (Phi) is 3.29. The van der Waals surface area contributed by atoms with Crippen LogP contribution in [-0.2, 0) is 0 Å². The van der Waals surface area contributed by atoms with E-state index in [4.69, 9.17) is 0 Å². The van der Waals surface area contributed by atoms with Gasteiger partial charge in [-0.15, -0.1) is 10.2 Å². The van der Waals surface area contributed by atoms with Gasteiger partial charge in [0.25, 0.3) is 0 Å². The first-order valence-electron chi connectivity index (χ1n) is 8.99. The van der Waals surface area contributed by atoms with Crippen molar-refractivity contribution in [1.82, 2.24) is 14.6 Å². The van der Waals surface area contributed by atoms with E-state index in [1.54, 1.807) is 0 Å². The fourth-order valence-electron chi connectivity index (χ4n) is 3.85. The molecule has 5 aromatic rings. The van der Waals surface area contributed by atoms with Crippen LogP contribution in [0.15, 0.2) is 72.8 Å². The number of pyridine rings is 1. The predicted molar refractivity (Wildman–Crippen MR) is 108 cm³/mol. The van der Waals surface area contributed by atoms with Gasteiger partial charge in [-0.05, 0) is 17.2 Å². The summed E-state index contributed by atoms with van der Waals surface area (Å²) < 4.78 is 2.22. The van der Waals surface area contributed by atoms with Gasteiger partial charge in [-0.3, -0.25) is 4.40 Å². The largest absolute Gasteiger partial charge is 0.278 e. The maximum atomic E-state index is 4.57. The summed E-state index contributed by atoms with van der Waals surface area (Å²) in [6.07, 6.45) is 0. The number of hydrogen-bond acceptors (Lipinski definition) is 2. The molecule has 126 valence electrons. The van der Waals surface area contributed by atoms with Crippen molar-refractivity contribution in [3.05, 3.63) is 78.6 Å². The average molecular weight is 337 g/mol. The van der Waals surface area contributed by atoms with Crippen LogP contribution in [-0.4, -0.2) is 14.6 Å². The molecule has 3 nitrogen and oxygen atoms in total. The highest BCUT2D eigenvalue weighted by molar-refractivity contribution is 6.17. The molecule has 0 atom stereocenters. The molecule has 3 heteroatoms. The topological polar surface area (TPSA) is 30.2 Å². The van der Waals surface area contributed by atoms with Crippen LogP contribution in [0, 0.1) is 0 Å². The van der Waals surface area contributed by atoms with Gasteiger partial charge in [0.2, 0.25) is 0 Å². The number of rotatable bonds is 2. The van der Waals surface area contributed by atoms with Gasteiger partial charge in [-0.1, -0.05) is 80.6 Å². The molecule has 0 aliphatic heterocycles. The van der Waals surface area contributed by atoms with Crippen molar-refractivity contribution in [2.45, 2.75) is 19.8 Å². The molecule has 26 heavy (non-hydrogen) atoms. The van der Waals surface area contributed by atoms with Gasteiger partial charge in [0.1, 0.15) is 5.82 Å². The molecule has 0 fully saturated rings. The molecular weight excluding hydrogens is 318 g/mol. The van der Waals surface area contributed by atoms with Gasteiger partial charge < -0.3 is 0 Å². The Morgan fingerprint density at radius 1 is 0.731 bits per heavy atom. The zero-order valence-corrected chi connectivity index (χ0v) is 14.8. The van der Waals surface area contributed by atoms with E-state index in [0.717, 1.165) is 22.4 Å². The van der Waals surface area contributed by atoms with Crippen LogP contribution in [0.2, 0.25) is 0 Å². The van der Waals surface area contributed by atoms with E-state index in [0.29, 0.717) is 5.92 Å². The van der Waals surface area contributed by atoms with Crippen molar-refractivity contribution in [2.24, 2.45) is 0 Å². The highest BCUT2D eigenvalue weighted by atomic mass is 15.3. The number of benzene rings is 3. The normalized spacial score (nSPS) is 11.8. The molecule has 0 aliphatic rings. The fourth-order valence-corrected chi connectivity index (χ4v) is 3.85. The molecule has 0 radical (unpaired) electrons. The first-order chi connectivity index (χ1) is 12.8. The first kappa shape index (κ1) is 15.1. The molecule has 0 saturated heterocycles. The van der Waals surface area contributed by atoms with Crippen LogP contribution >= 0.6 is 0 Å². The summed E-state index contributed by atoms with van der Waals surface area (Å²) in [6, 6.07) is 25.6. The zero-order valence-electron chi connectivity index (χ0n) is 14.8. The standard InChI is InChI=1S/C23H19N3/c1-15(2)22-24-25-23-19-13-8-12-17(16-9-4-3-5-10-16)21(19)18-11-6-7-14-20(18)26(22)23/h3-15H,1-2H3. The molecular formula is C23H19N3. The minimum Gasteiger partial charge on any atom is -0.278 e. The van der Waals surface area contributed by atoms with Crippen LogP contribution < -0.4 is 0 Å². The van der Waals surface area contributed by atoms with E-state index in [-0.39, 0.29) is 0 Å². The lowest BCUT2D eigenvalue weighted by atomic mass is 9.95. The summed E-state index contributed by atoms with van der Waals surface area (Å²) >= 11 is 0. The van der Waals surface area contributed by atoms with Crippen LogP contribution in [0.25, 0.3) is 38.4 Å². The average Bonchev–Trinajstić information content (AvgIpc) is 3.14. The van der Waals surface area contributed by atoms with Crippen LogP contribution in [0.1, 0.15) is 25.6 Å².